The number of hydrogen-bond donors (Lipinski definition) is 1. The Balaban J connectivity index is 5.03. The minimum absolute atomic E-state index is 0.104. The van der Waals surface area contributed by atoms with Gasteiger partial charge in [0, 0.05) is 11.3 Å². The smallest absolute Gasteiger partial charge is 0.324 e. The Morgan fingerprint density at radius 1 is 1.23 bits per heavy atom. The Labute approximate surface area is 87.4 Å². The molecule has 0 amide bonds. The molecule has 0 fully saturated rings. The van der Waals surface area contributed by atoms with Gasteiger partial charge >= 0.3 is 5.97 Å². The van der Waals surface area contributed by atoms with Crippen LogP contribution in [0.3, 0.4) is 0 Å². The minimum atomic E-state index is -2.69. The fraction of sp³-hybridized carbons (Fsp3) is 0.875. The van der Waals surface area contributed by atoms with Gasteiger partial charge in [-0.05, 0) is 0 Å². The van der Waals surface area contributed by atoms with E-state index in [1.165, 1.54) is 0 Å². The van der Waals surface area contributed by atoms with Gasteiger partial charge in [-0.2, -0.15) is 0 Å². The molecule has 5 heteroatoms. The second kappa shape index (κ2) is 4.61. The number of hydrogen-bond acceptors (Lipinski definition) is 2. The van der Waals surface area contributed by atoms with Gasteiger partial charge in [0.1, 0.15) is 7.14 Å². The molecule has 0 heterocycles. The molecule has 1 atom stereocenters. The predicted molar refractivity (Wildman–Crippen MR) is 58.2 cm³/mol. The summed E-state index contributed by atoms with van der Waals surface area (Å²) in [5.74, 6) is -1.04. The molecule has 0 aromatic carbocycles. The number of carboxylic acid groups (broad SMARTS) is 1. The summed E-state index contributed by atoms with van der Waals surface area (Å²) in [4.78, 5) is 10.7. The van der Waals surface area contributed by atoms with Gasteiger partial charge in [-0.3, -0.25) is 4.79 Å². The fourth-order valence-corrected chi connectivity index (χ4v) is 6.71. The summed E-state index contributed by atoms with van der Waals surface area (Å²) in [5, 5.41) is 8.80. The highest BCUT2D eigenvalue weighted by Crippen LogP contribution is 2.61. The zero-order valence-corrected chi connectivity index (χ0v) is 10.8. The van der Waals surface area contributed by atoms with Gasteiger partial charge in [-0.25, -0.2) is 0 Å². The summed E-state index contributed by atoms with van der Waals surface area (Å²) in [5.41, 5.74) is -0.207. The van der Waals surface area contributed by atoms with Crippen molar-refractivity contribution < 1.29 is 14.5 Å². The third kappa shape index (κ3) is 2.57. The topological polar surface area (TPSA) is 54.4 Å². The number of carbonyl (C=O) groups is 1. The van der Waals surface area contributed by atoms with Crippen LogP contribution < -0.4 is 0 Å². The molecule has 0 saturated heterocycles. The van der Waals surface area contributed by atoms with Crippen molar-refractivity contribution in [1.29, 1.82) is 0 Å². The van der Waals surface area contributed by atoms with Gasteiger partial charge in [-0.1, -0.05) is 43.6 Å². The molecule has 0 rings (SSSR count). The van der Waals surface area contributed by atoms with Crippen LogP contribution in [0.25, 0.3) is 0 Å². The average molecular weight is 271 g/mol. The number of aliphatic carboxylic acids is 1. The lowest BCUT2D eigenvalue weighted by atomic mass is 10.5. The van der Waals surface area contributed by atoms with Crippen molar-refractivity contribution in [2.24, 2.45) is 0 Å². The van der Waals surface area contributed by atoms with Gasteiger partial charge < -0.3 is 9.67 Å². The number of carboxylic acids is 1. The van der Waals surface area contributed by atoms with E-state index in [0.717, 1.165) is 0 Å². The average Bonchev–Trinajstić information content (AvgIpc) is 2.00. The summed E-state index contributed by atoms with van der Waals surface area (Å²) < 4.78 is 11.4. The lowest BCUT2D eigenvalue weighted by molar-refractivity contribution is -0.134. The standard InChI is InChI=1S/C8H16BrO3P/c1-5(2)13(12,6(3)4)7(9)8(10)11/h5-7H,1-4H3,(H,10,11). The van der Waals surface area contributed by atoms with Crippen molar-refractivity contribution >= 4 is 29.0 Å². The summed E-state index contributed by atoms with van der Waals surface area (Å²) in [6.07, 6.45) is 0. The Kier molecular flexibility index (Phi) is 4.67. The summed E-state index contributed by atoms with van der Waals surface area (Å²) in [6, 6.07) is 0. The molecule has 0 aliphatic heterocycles. The van der Waals surface area contributed by atoms with Crippen molar-refractivity contribution in [2.45, 2.75) is 43.6 Å². The summed E-state index contributed by atoms with van der Waals surface area (Å²) >= 11 is 3.00. The highest BCUT2D eigenvalue weighted by Gasteiger charge is 2.41. The van der Waals surface area contributed by atoms with Crippen LogP contribution in [0.15, 0.2) is 0 Å². The van der Waals surface area contributed by atoms with Crippen LogP contribution in [0, 0.1) is 0 Å². The maximum Gasteiger partial charge on any atom is 0.324 e. The lowest BCUT2D eigenvalue weighted by Gasteiger charge is -2.28. The van der Waals surface area contributed by atoms with Crippen molar-refractivity contribution in [1.82, 2.24) is 0 Å². The Morgan fingerprint density at radius 2 is 1.54 bits per heavy atom. The Morgan fingerprint density at radius 3 is 1.62 bits per heavy atom. The molecule has 1 unspecified atom stereocenters. The molecule has 78 valence electrons. The molecule has 1 N–H and O–H groups in total. The van der Waals surface area contributed by atoms with E-state index in [2.05, 4.69) is 15.9 Å². The quantitative estimate of drug-likeness (QED) is 0.631. The first-order chi connectivity index (χ1) is 5.74. The highest BCUT2D eigenvalue weighted by molar-refractivity contribution is 9.11. The minimum Gasteiger partial charge on any atom is -0.480 e. The molecule has 0 bridgehead atoms. The molecule has 13 heavy (non-hydrogen) atoms. The number of rotatable bonds is 4. The Bertz CT molecular complexity index is 226. The zero-order valence-electron chi connectivity index (χ0n) is 8.32. The molecule has 0 aliphatic rings. The lowest BCUT2D eigenvalue weighted by Crippen LogP contribution is -2.23. The SMILES string of the molecule is CC(C)P(=O)(C(C)C)C(Br)C(=O)O. The largest absolute Gasteiger partial charge is 0.480 e. The highest BCUT2D eigenvalue weighted by atomic mass is 79.9. The normalized spacial score (nSPS) is 15.0. The molecule has 0 spiro atoms. The van der Waals surface area contributed by atoms with E-state index < -0.39 is 17.7 Å². The Hall–Kier alpha value is 0.180. The van der Waals surface area contributed by atoms with E-state index >= 15 is 0 Å². The van der Waals surface area contributed by atoms with Gasteiger partial charge in [0.05, 0.1) is 0 Å². The first-order valence-electron chi connectivity index (χ1n) is 4.20. The van der Waals surface area contributed by atoms with E-state index in [1.807, 2.05) is 0 Å². The van der Waals surface area contributed by atoms with Gasteiger partial charge in [0.2, 0.25) is 0 Å². The monoisotopic (exact) mass is 270 g/mol. The van der Waals surface area contributed by atoms with Gasteiger partial charge in [0.25, 0.3) is 0 Å². The molecule has 0 aromatic heterocycles. The van der Waals surface area contributed by atoms with E-state index in [1.54, 1.807) is 27.7 Å². The van der Waals surface area contributed by atoms with Crippen molar-refractivity contribution in [3.63, 3.8) is 0 Å². The molecular formula is C8H16BrO3P. The molecule has 0 aliphatic carbocycles. The summed E-state index contributed by atoms with van der Waals surface area (Å²) in [6.45, 7) is 7.21. The van der Waals surface area contributed by atoms with Crippen LogP contribution in [0.2, 0.25) is 0 Å². The first-order valence-corrected chi connectivity index (χ1v) is 7.03. The van der Waals surface area contributed by atoms with E-state index in [4.69, 9.17) is 5.11 Å². The van der Waals surface area contributed by atoms with E-state index in [9.17, 15) is 9.36 Å². The van der Waals surface area contributed by atoms with E-state index in [-0.39, 0.29) is 11.3 Å². The predicted octanol–water partition coefficient (Wildman–Crippen LogP) is 2.97. The molecule has 0 aromatic rings. The van der Waals surface area contributed by atoms with Crippen LogP contribution in [-0.4, -0.2) is 27.0 Å². The molecular weight excluding hydrogens is 255 g/mol. The van der Waals surface area contributed by atoms with Crippen LogP contribution in [0.1, 0.15) is 27.7 Å². The first kappa shape index (κ1) is 13.2. The maximum atomic E-state index is 12.3. The van der Waals surface area contributed by atoms with Crippen LogP contribution >= 0.6 is 23.1 Å². The number of alkyl halides is 1. The van der Waals surface area contributed by atoms with Crippen molar-refractivity contribution in [2.75, 3.05) is 0 Å². The van der Waals surface area contributed by atoms with Crippen molar-refractivity contribution in [3.8, 4) is 0 Å². The van der Waals surface area contributed by atoms with E-state index in [0.29, 0.717) is 0 Å². The van der Waals surface area contributed by atoms with Crippen molar-refractivity contribution in [3.05, 3.63) is 0 Å². The zero-order chi connectivity index (χ0) is 10.8. The molecule has 3 nitrogen and oxygen atoms in total. The second-order valence-electron chi connectivity index (χ2n) is 3.62. The van der Waals surface area contributed by atoms with Crippen LogP contribution in [0.5, 0.6) is 0 Å². The van der Waals surface area contributed by atoms with Gasteiger partial charge in [-0.15, -0.1) is 0 Å². The molecule has 0 saturated carbocycles. The van der Waals surface area contributed by atoms with Gasteiger partial charge in [0.15, 0.2) is 4.57 Å². The fourth-order valence-electron chi connectivity index (χ4n) is 1.29. The third-order valence-corrected chi connectivity index (χ3v) is 8.64. The molecule has 0 radical (unpaired) electrons. The van der Waals surface area contributed by atoms with Crippen LogP contribution in [-0.2, 0) is 9.36 Å². The van der Waals surface area contributed by atoms with Crippen LogP contribution in [0.4, 0.5) is 0 Å². The maximum absolute atomic E-state index is 12.3. The number of halogens is 1. The second-order valence-corrected chi connectivity index (χ2v) is 9.36. The third-order valence-electron chi connectivity index (χ3n) is 2.17. The summed E-state index contributed by atoms with van der Waals surface area (Å²) in [7, 11) is -2.69.